The van der Waals surface area contributed by atoms with Crippen molar-refractivity contribution in [1.82, 2.24) is 10.6 Å². The molecule has 8 heteroatoms. The van der Waals surface area contributed by atoms with Gasteiger partial charge in [-0.25, -0.2) is 0 Å². The molecule has 0 aromatic heterocycles. The van der Waals surface area contributed by atoms with Crippen LogP contribution >= 0.6 is 0 Å². The van der Waals surface area contributed by atoms with E-state index in [1.807, 2.05) is 6.92 Å². The summed E-state index contributed by atoms with van der Waals surface area (Å²) in [6.07, 6.45) is 1.79. The van der Waals surface area contributed by atoms with Crippen LogP contribution in [0.5, 0.6) is 23.0 Å². The Kier molecular flexibility index (Phi) is 7.08. The third-order valence-electron chi connectivity index (χ3n) is 4.36. The summed E-state index contributed by atoms with van der Waals surface area (Å²) in [6, 6.07) is 8.14. The van der Waals surface area contributed by atoms with Crippen LogP contribution < -0.4 is 10.6 Å². The lowest BCUT2D eigenvalue weighted by molar-refractivity contribution is 0.0921. The number of hydrogen-bond acceptors (Lipinski definition) is 6. The average molecular weight is 388 g/mol. The summed E-state index contributed by atoms with van der Waals surface area (Å²) in [7, 11) is 0. The average Bonchev–Trinajstić information content (AvgIpc) is 2.68. The van der Waals surface area contributed by atoms with Crippen molar-refractivity contribution in [3.05, 3.63) is 47.5 Å². The molecule has 0 aliphatic rings. The predicted octanol–water partition coefficient (Wildman–Crippen LogP) is 2.23. The molecule has 2 aromatic carbocycles. The highest BCUT2D eigenvalue weighted by atomic mass is 16.3. The number of nitrogens with one attached hydrogen (secondary N) is 2. The highest BCUT2D eigenvalue weighted by molar-refractivity contribution is 5.98. The summed E-state index contributed by atoms with van der Waals surface area (Å²) in [5, 5.41) is 43.9. The van der Waals surface area contributed by atoms with Gasteiger partial charge in [0, 0.05) is 12.6 Å². The van der Waals surface area contributed by atoms with Crippen LogP contribution in [0.15, 0.2) is 36.4 Å². The molecule has 2 rings (SSSR count). The standard InChI is InChI=1S/C20H24N2O6/c1-2-12(22-20(28)14-8-4-10-16(24)18(14)26)6-5-11-21-19(27)13-7-3-9-15(23)17(13)25/h3-4,7-10,12,23-26H,2,5-6,11H2,1H3,(H,21,27)(H,22,28). The molecule has 1 unspecified atom stereocenters. The Morgan fingerprint density at radius 2 is 1.43 bits per heavy atom. The van der Waals surface area contributed by atoms with E-state index >= 15 is 0 Å². The maximum absolute atomic E-state index is 12.3. The van der Waals surface area contributed by atoms with Crippen molar-refractivity contribution in [3.63, 3.8) is 0 Å². The monoisotopic (exact) mass is 388 g/mol. The number of carbonyl (C=O) groups excluding carboxylic acids is 2. The zero-order valence-corrected chi connectivity index (χ0v) is 15.5. The van der Waals surface area contributed by atoms with Crippen LogP contribution in [0, 0.1) is 0 Å². The fraction of sp³-hybridized carbons (Fsp3) is 0.300. The number of carbonyl (C=O) groups is 2. The zero-order chi connectivity index (χ0) is 20.7. The first-order valence-corrected chi connectivity index (χ1v) is 8.96. The maximum atomic E-state index is 12.3. The minimum absolute atomic E-state index is 0.00823. The summed E-state index contributed by atoms with van der Waals surface area (Å²) < 4.78 is 0. The number of phenolic OH excluding ortho intramolecular Hbond substituents is 4. The lowest BCUT2D eigenvalue weighted by Crippen LogP contribution is -2.35. The third-order valence-corrected chi connectivity index (χ3v) is 4.36. The van der Waals surface area contributed by atoms with Gasteiger partial charge < -0.3 is 31.1 Å². The highest BCUT2D eigenvalue weighted by Gasteiger charge is 2.17. The van der Waals surface area contributed by atoms with Crippen molar-refractivity contribution in [2.75, 3.05) is 6.54 Å². The van der Waals surface area contributed by atoms with Crippen LogP contribution in [0.25, 0.3) is 0 Å². The summed E-state index contributed by atoms with van der Waals surface area (Å²) in [4.78, 5) is 24.3. The highest BCUT2D eigenvalue weighted by Crippen LogP contribution is 2.29. The molecule has 0 fully saturated rings. The van der Waals surface area contributed by atoms with Crippen molar-refractivity contribution < 1.29 is 30.0 Å². The van der Waals surface area contributed by atoms with E-state index in [0.29, 0.717) is 25.8 Å². The van der Waals surface area contributed by atoms with Crippen LogP contribution in [0.1, 0.15) is 46.9 Å². The van der Waals surface area contributed by atoms with Gasteiger partial charge in [-0.05, 0) is 43.5 Å². The Labute approximate surface area is 162 Å². The predicted molar refractivity (Wildman–Crippen MR) is 103 cm³/mol. The van der Waals surface area contributed by atoms with Gasteiger partial charge in [0.1, 0.15) is 0 Å². The lowest BCUT2D eigenvalue weighted by atomic mass is 10.1. The van der Waals surface area contributed by atoms with Gasteiger partial charge in [-0.3, -0.25) is 9.59 Å². The number of para-hydroxylation sites is 2. The Bertz CT molecular complexity index is 853. The lowest BCUT2D eigenvalue weighted by Gasteiger charge is -2.18. The van der Waals surface area contributed by atoms with Crippen LogP contribution in [0.4, 0.5) is 0 Å². The molecule has 8 nitrogen and oxygen atoms in total. The molecule has 0 bridgehead atoms. The van der Waals surface area contributed by atoms with Gasteiger partial charge in [0.25, 0.3) is 11.8 Å². The number of amides is 2. The molecule has 28 heavy (non-hydrogen) atoms. The van der Waals surface area contributed by atoms with Gasteiger partial charge in [0.2, 0.25) is 0 Å². The SMILES string of the molecule is CCC(CCCNC(=O)c1cccc(O)c1O)NC(=O)c1cccc(O)c1O. The normalized spacial score (nSPS) is 11.6. The number of benzene rings is 2. The molecule has 0 saturated carbocycles. The molecule has 0 saturated heterocycles. The molecule has 0 aliphatic carbocycles. The quantitative estimate of drug-likeness (QED) is 0.303. The Hall–Kier alpha value is -3.42. The van der Waals surface area contributed by atoms with E-state index in [0.717, 1.165) is 0 Å². The Balaban J connectivity index is 1.84. The smallest absolute Gasteiger partial charge is 0.255 e. The van der Waals surface area contributed by atoms with Crippen LogP contribution in [0.3, 0.4) is 0 Å². The first kappa shape index (κ1) is 20.9. The molecule has 0 spiro atoms. The first-order valence-electron chi connectivity index (χ1n) is 8.96. The van der Waals surface area contributed by atoms with Crippen molar-refractivity contribution >= 4 is 11.8 Å². The number of phenols is 4. The van der Waals surface area contributed by atoms with Crippen molar-refractivity contribution in [3.8, 4) is 23.0 Å². The topological polar surface area (TPSA) is 139 Å². The van der Waals surface area contributed by atoms with E-state index in [4.69, 9.17) is 0 Å². The van der Waals surface area contributed by atoms with Gasteiger partial charge >= 0.3 is 0 Å². The largest absolute Gasteiger partial charge is 0.504 e. The molecule has 6 N–H and O–H groups in total. The molecule has 2 amide bonds. The number of aromatic hydroxyl groups is 4. The van der Waals surface area contributed by atoms with Gasteiger partial charge in [0.15, 0.2) is 23.0 Å². The summed E-state index contributed by atoms with van der Waals surface area (Å²) in [6.45, 7) is 2.22. The van der Waals surface area contributed by atoms with Gasteiger partial charge in [0.05, 0.1) is 11.1 Å². The third kappa shape index (κ3) is 5.06. The minimum atomic E-state index is -0.504. The van der Waals surface area contributed by atoms with Crippen LogP contribution in [-0.2, 0) is 0 Å². The van der Waals surface area contributed by atoms with Crippen LogP contribution in [-0.4, -0.2) is 44.8 Å². The van der Waals surface area contributed by atoms with Gasteiger partial charge in [-0.1, -0.05) is 19.1 Å². The van der Waals surface area contributed by atoms with Crippen LogP contribution in [0.2, 0.25) is 0 Å². The molecule has 150 valence electrons. The Morgan fingerprint density at radius 3 is 1.96 bits per heavy atom. The fourth-order valence-electron chi connectivity index (χ4n) is 2.72. The first-order chi connectivity index (χ1) is 13.3. The summed E-state index contributed by atoms with van der Waals surface area (Å²) in [5.74, 6) is -2.66. The van der Waals surface area contributed by atoms with Crippen molar-refractivity contribution in [2.24, 2.45) is 0 Å². The molecule has 1 atom stereocenters. The van der Waals surface area contributed by atoms with E-state index in [-0.39, 0.29) is 28.7 Å². The fourth-order valence-corrected chi connectivity index (χ4v) is 2.72. The maximum Gasteiger partial charge on any atom is 0.255 e. The molecular formula is C20H24N2O6. The zero-order valence-electron chi connectivity index (χ0n) is 15.5. The van der Waals surface area contributed by atoms with Crippen molar-refractivity contribution in [1.29, 1.82) is 0 Å². The van der Waals surface area contributed by atoms with Gasteiger partial charge in [-0.15, -0.1) is 0 Å². The Morgan fingerprint density at radius 1 is 0.893 bits per heavy atom. The van der Waals surface area contributed by atoms with Gasteiger partial charge in [-0.2, -0.15) is 0 Å². The second-order valence-corrected chi connectivity index (χ2v) is 6.32. The van der Waals surface area contributed by atoms with E-state index in [2.05, 4.69) is 10.6 Å². The molecule has 2 aromatic rings. The number of hydrogen-bond donors (Lipinski definition) is 6. The van der Waals surface area contributed by atoms with E-state index in [1.54, 1.807) is 0 Å². The molecule has 0 radical (unpaired) electrons. The summed E-state index contributed by atoms with van der Waals surface area (Å²) in [5.41, 5.74) is -0.0224. The number of rotatable bonds is 8. The molecular weight excluding hydrogens is 364 g/mol. The minimum Gasteiger partial charge on any atom is -0.504 e. The van der Waals surface area contributed by atoms with E-state index in [9.17, 15) is 30.0 Å². The van der Waals surface area contributed by atoms with E-state index in [1.165, 1.54) is 36.4 Å². The van der Waals surface area contributed by atoms with E-state index < -0.39 is 23.3 Å². The molecule has 0 aliphatic heterocycles. The summed E-state index contributed by atoms with van der Waals surface area (Å²) >= 11 is 0. The second kappa shape index (κ2) is 9.50. The van der Waals surface area contributed by atoms with Crippen molar-refractivity contribution in [2.45, 2.75) is 32.2 Å². The molecule has 0 heterocycles. The second-order valence-electron chi connectivity index (χ2n) is 6.32.